The van der Waals surface area contributed by atoms with Gasteiger partial charge in [-0.25, -0.2) is 5.84 Å². The van der Waals surface area contributed by atoms with Crippen LogP contribution in [0, 0.1) is 0 Å². The van der Waals surface area contributed by atoms with Gasteiger partial charge in [0, 0.05) is 32.5 Å². The molecule has 20 heavy (non-hydrogen) atoms. The smallest absolute Gasteiger partial charge is 0.212 e. The second-order valence-electron chi connectivity index (χ2n) is 4.16. The highest BCUT2D eigenvalue weighted by atomic mass is 16.5. The van der Waals surface area contributed by atoms with Crippen molar-refractivity contribution in [2.45, 2.75) is 13.3 Å². The number of guanidine groups is 1. The first-order valence-corrected chi connectivity index (χ1v) is 6.69. The molecule has 0 fully saturated rings. The third-order valence-electron chi connectivity index (χ3n) is 2.82. The molecule has 3 N–H and O–H groups in total. The summed E-state index contributed by atoms with van der Waals surface area (Å²) < 4.78 is 10.4. The van der Waals surface area contributed by atoms with E-state index in [0.717, 1.165) is 24.5 Å². The number of nitrogens with zero attached hydrogens (tertiary/aromatic N) is 2. The van der Waals surface area contributed by atoms with Crippen LogP contribution in [0.1, 0.15) is 13.3 Å². The van der Waals surface area contributed by atoms with Crippen LogP contribution in [0.5, 0.6) is 5.75 Å². The van der Waals surface area contributed by atoms with Gasteiger partial charge in [0.15, 0.2) is 0 Å². The minimum atomic E-state index is 0.617. The fourth-order valence-corrected chi connectivity index (χ4v) is 1.67. The number of nitrogens with one attached hydrogen (secondary N) is 1. The first-order valence-electron chi connectivity index (χ1n) is 6.69. The molecule has 0 saturated carbocycles. The van der Waals surface area contributed by atoms with Crippen molar-refractivity contribution in [2.75, 3.05) is 38.8 Å². The average Bonchev–Trinajstić information content (AvgIpc) is 2.50. The average molecular weight is 280 g/mol. The van der Waals surface area contributed by atoms with Crippen LogP contribution in [0.3, 0.4) is 0 Å². The predicted molar refractivity (Wildman–Crippen MR) is 82.1 cm³/mol. The number of aliphatic imine (C=N–C) groups is 1. The molecule has 0 saturated heterocycles. The normalized spacial score (nSPS) is 11.3. The van der Waals surface area contributed by atoms with Gasteiger partial charge in [0.1, 0.15) is 5.75 Å². The minimum absolute atomic E-state index is 0.617. The van der Waals surface area contributed by atoms with E-state index in [4.69, 9.17) is 15.3 Å². The summed E-state index contributed by atoms with van der Waals surface area (Å²) in [6.45, 7) is 4.09. The first-order chi connectivity index (χ1) is 9.72. The summed E-state index contributed by atoms with van der Waals surface area (Å²) in [6.07, 6.45) is 0.871. The number of hydrogen-bond donors (Lipinski definition) is 2. The summed E-state index contributed by atoms with van der Waals surface area (Å²) >= 11 is 0. The van der Waals surface area contributed by atoms with E-state index in [1.807, 2.05) is 43.1 Å². The molecule has 1 aromatic rings. The monoisotopic (exact) mass is 280 g/mol. The van der Waals surface area contributed by atoms with Gasteiger partial charge in [-0.2, -0.15) is 0 Å². The molecule has 0 radical (unpaired) electrons. The number of hydrazine groups is 1. The van der Waals surface area contributed by atoms with Gasteiger partial charge in [-0.05, 0) is 37.6 Å². The maximum Gasteiger partial charge on any atom is 0.212 e. The predicted octanol–water partition coefficient (Wildman–Crippen LogP) is 1.38. The minimum Gasteiger partial charge on any atom is -0.497 e. The van der Waals surface area contributed by atoms with E-state index >= 15 is 0 Å². The molecule has 0 unspecified atom stereocenters. The molecule has 0 aliphatic rings. The number of benzene rings is 1. The molecule has 0 heterocycles. The van der Waals surface area contributed by atoms with Crippen LogP contribution in [0.25, 0.3) is 0 Å². The SMILES string of the molecule is CCOCCCN=C(NN)N(C)c1ccc(OC)cc1. The standard InChI is InChI=1S/C14H24N4O2/c1-4-20-11-5-10-16-14(17-15)18(2)12-6-8-13(19-3)9-7-12/h6-9H,4-5,10-11,15H2,1-3H3,(H,16,17). The molecule has 1 rings (SSSR count). The summed E-state index contributed by atoms with van der Waals surface area (Å²) in [7, 11) is 3.55. The number of ether oxygens (including phenoxy) is 2. The summed E-state index contributed by atoms with van der Waals surface area (Å²) in [6, 6.07) is 7.70. The van der Waals surface area contributed by atoms with Crippen molar-refractivity contribution < 1.29 is 9.47 Å². The maximum atomic E-state index is 5.53. The molecular formula is C14H24N4O2. The largest absolute Gasteiger partial charge is 0.497 e. The second kappa shape index (κ2) is 9.17. The number of methoxy groups -OCH3 is 1. The Morgan fingerprint density at radius 1 is 1.35 bits per heavy atom. The molecule has 0 aliphatic heterocycles. The molecule has 6 nitrogen and oxygen atoms in total. The summed E-state index contributed by atoms with van der Waals surface area (Å²) in [5.74, 6) is 6.96. The molecule has 6 heteroatoms. The van der Waals surface area contributed by atoms with E-state index in [1.54, 1.807) is 7.11 Å². The molecule has 0 aromatic heterocycles. The lowest BCUT2D eigenvalue weighted by Gasteiger charge is -2.21. The van der Waals surface area contributed by atoms with Crippen molar-refractivity contribution in [2.24, 2.45) is 10.8 Å². The molecular weight excluding hydrogens is 256 g/mol. The van der Waals surface area contributed by atoms with E-state index in [2.05, 4.69) is 10.4 Å². The zero-order valence-corrected chi connectivity index (χ0v) is 12.4. The van der Waals surface area contributed by atoms with Crippen molar-refractivity contribution in [1.29, 1.82) is 0 Å². The van der Waals surface area contributed by atoms with E-state index in [1.165, 1.54) is 0 Å². The Kier molecular flexibility index (Phi) is 7.46. The van der Waals surface area contributed by atoms with Gasteiger partial charge >= 0.3 is 0 Å². The molecule has 1 aromatic carbocycles. The third-order valence-corrected chi connectivity index (χ3v) is 2.82. The molecule has 0 bridgehead atoms. The molecule has 0 atom stereocenters. The summed E-state index contributed by atoms with van der Waals surface area (Å²) in [4.78, 5) is 6.32. The van der Waals surface area contributed by atoms with Crippen molar-refractivity contribution in [3.05, 3.63) is 24.3 Å². The maximum absolute atomic E-state index is 5.53. The van der Waals surface area contributed by atoms with E-state index in [9.17, 15) is 0 Å². The highest BCUT2D eigenvalue weighted by Crippen LogP contribution is 2.18. The van der Waals surface area contributed by atoms with Crippen LogP contribution in [0.15, 0.2) is 29.3 Å². The van der Waals surface area contributed by atoms with Gasteiger partial charge in [-0.1, -0.05) is 0 Å². The van der Waals surface area contributed by atoms with E-state index in [-0.39, 0.29) is 0 Å². The number of anilines is 1. The Morgan fingerprint density at radius 2 is 2.05 bits per heavy atom. The zero-order chi connectivity index (χ0) is 14.8. The van der Waals surface area contributed by atoms with Gasteiger partial charge in [-0.15, -0.1) is 0 Å². The van der Waals surface area contributed by atoms with Gasteiger partial charge in [0.25, 0.3) is 0 Å². The van der Waals surface area contributed by atoms with Crippen molar-refractivity contribution in [3.8, 4) is 5.75 Å². The van der Waals surface area contributed by atoms with Crippen LogP contribution in [-0.2, 0) is 4.74 Å². The number of hydrogen-bond acceptors (Lipinski definition) is 4. The van der Waals surface area contributed by atoms with E-state index in [0.29, 0.717) is 19.1 Å². The molecule has 112 valence electrons. The first kappa shape index (κ1) is 16.3. The fourth-order valence-electron chi connectivity index (χ4n) is 1.67. The second-order valence-corrected chi connectivity index (χ2v) is 4.16. The summed E-state index contributed by atoms with van der Waals surface area (Å²) in [5.41, 5.74) is 3.60. The van der Waals surface area contributed by atoms with Gasteiger partial charge in [0.05, 0.1) is 7.11 Å². The van der Waals surface area contributed by atoms with E-state index < -0.39 is 0 Å². The topological polar surface area (TPSA) is 72.1 Å². The lowest BCUT2D eigenvalue weighted by molar-refractivity contribution is 0.146. The Bertz CT molecular complexity index is 406. The van der Waals surface area contributed by atoms with Gasteiger partial charge in [-0.3, -0.25) is 10.4 Å². The van der Waals surface area contributed by atoms with Gasteiger partial charge < -0.3 is 14.4 Å². The highest BCUT2D eigenvalue weighted by Gasteiger charge is 2.07. The van der Waals surface area contributed by atoms with Crippen LogP contribution in [0.4, 0.5) is 5.69 Å². The Labute approximate surface area is 120 Å². The van der Waals surface area contributed by atoms with Crippen LogP contribution in [0.2, 0.25) is 0 Å². The lowest BCUT2D eigenvalue weighted by Crippen LogP contribution is -2.43. The quantitative estimate of drug-likeness (QED) is 0.259. The Morgan fingerprint density at radius 3 is 2.60 bits per heavy atom. The molecule has 0 aliphatic carbocycles. The van der Waals surface area contributed by atoms with Crippen molar-refractivity contribution in [1.82, 2.24) is 5.43 Å². The van der Waals surface area contributed by atoms with Crippen LogP contribution >= 0.6 is 0 Å². The molecule has 0 amide bonds. The lowest BCUT2D eigenvalue weighted by atomic mass is 10.3. The third kappa shape index (κ3) is 5.07. The van der Waals surface area contributed by atoms with Gasteiger partial charge in [0.2, 0.25) is 5.96 Å². The highest BCUT2D eigenvalue weighted by molar-refractivity contribution is 5.95. The van der Waals surface area contributed by atoms with Crippen molar-refractivity contribution in [3.63, 3.8) is 0 Å². The number of nitrogens with two attached hydrogens (primary N) is 1. The fraction of sp³-hybridized carbons (Fsp3) is 0.500. The number of rotatable bonds is 7. The van der Waals surface area contributed by atoms with Crippen LogP contribution < -0.4 is 20.9 Å². The van der Waals surface area contributed by atoms with Crippen LogP contribution in [-0.4, -0.2) is 39.9 Å². The Hall–Kier alpha value is -1.79. The Balaban J connectivity index is 2.60. The molecule has 0 spiro atoms. The van der Waals surface area contributed by atoms with Crippen molar-refractivity contribution >= 4 is 11.6 Å². The summed E-state index contributed by atoms with van der Waals surface area (Å²) in [5, 5.41) is 0. The zero-order valence-electron chi connectivity index (χ0n) is 12.4.